The van der Waals surface area contributed by atoms with Crippen LogP contribution in [-0.4, -0.2) is 0 Å². The van der Waals surface area contributed by atoms with Gasteiger partial charge in [0.05, 0.1) is 0 Å². The first-order valence-corrected chi connectivity index (χ1v) is 1.06. The fourth-order valence-corrected chi connectivity index (χ4v) is 0. The van der Waals surface area contributed by atoms with Crippen molar-refractivity contribution in [2.24, 2.45) is 0 Å². The summed E-state index contributed by atoms with van der Waals surface area (Å²) in [5, 5.41) is 0. The van der Waals surface area contributed by atoms with Crippen molar-refractivity contribution in [2.45, 2.75) is 0 Å². The SMILES string of the molecule is C=CCl.[Au]. The van der Waals surface area contributed by atoms with Crippen LogP contribution in [0.25, 0.3) is 0 Å². The van der Waals surface area contributed by atoms with Crippen LogP contribution in [0.5, 0.6) is 0 Å². The first-order chi connectivity index (χ1) is 1.41. The van der Waals surface area contributed by atoms with E-state index < -0.39 is 0 Å². The maximum atomic E-state index is 4.76. The molecule has 1 radical (unpaired) electrons. The van der Waals surface area contributed by atoms with E-state index in [4.69, 9.17) is 11.6 Å². The van der Waals surface area contributed by atoms with Crippen molar-refractivity contribution in [2.75, 3.05) is 0 Å². The molecule has 2 heteroatoms. The van der Waals surface area contributed by atoms with Crippen LogP contribution in [-0.2, 0) is 22.4 Å². The third-order valence-corrected chi connectivity index (χ3v) is 0. The molecule has 29 valence electrons. The van der Waals surface area contributed by atoms with Crippen LogP contribution in [0.4, 0.5) is 0 Å². The van der Waals surface area contributed by atoms with E-state index >= 15 is 0 Å². The van der Waals surface area contributed by atoms with Gasteiger partial charge in [0.25, 0.3) is 0 Å². The molecular weight excluding hydrogens is 256 g/mol. The minimum Gasteiger partial charge on any atom is -0.0936 e. The summed E-state index contributed by atoms with van der Waals surface area (Å²) in [6.45, 7) is 3.13. The van der Waals surface area contributed by atoms with E-state index in [1.807, 2.05) is 0 Å². The molecule has 0 aliphatic rings. The van der Waals surface area contributed by atoms with Gasteiger partial charge in [-0.05, 0) is 5.54 Å². The molecule has 0 aromatic carbocycles. The van der Waals surface area contributed by atoms with Crippen LogP contribution in [0.15, 0.2) is 12.1 Å². The molecular formula is C2H3AuCl. The Bertz CT molecular complexity index is 13.5. The van der Waals surface area contributed by atoms with E-state index in [1.165, 1.54) is 5.54 Å². The maximum absolute atomic E-state index is 4.76. The van der Waals surface area contributed by atoms with E-state index in [0.717, 1.165) is 0 Å². The van der Waals surface area contributed by atoms with Gasteiger partial charge in [0.15, 0.2) is 0 Å². The van der Waals surface area contributed by atoms with E-state index in [1.54, 1.807) is 0 Å². The van der Waals surface area contributed by atoms with E-state index in [2.05, 4.69) is 6.58 Å². The van der Waals surface area contributed by atoms with Crippen LogP contribution in [0.1, 0.15) is 0 Å². The topological polar surface area (TPSA) is 0 Å². The number of rotatable bonds is 0. The summed E-state index contributed by atoms with van der Waals surface area (Å²) in [4.78, 5) is 0. The van der Waals surface area contributed by atoms with Crippen molar-refractivity contribution in [1.29, 1.82) is 0 Å². The third kappa shape index (κ3) is 14.6. The second kappa shape index (κ2) is 9.23. The number of halogens is 1. The minimum atomic E-state index is 0. The summed E-state index contributed by atoms with van der Waals surface area (Å²) in [6, 6.07) is 0. The van der Waals surface area contributed by atoms with Gasteiger partial charge in [0.1, 0.15) is 0 Å². The van der Waals surface area contributed by atoms with Crippen LogP contribution in [0.2, 0.25) is 0 Å². The summed E-state index contributed by atoms with van der Waals surface area (Å²) < 4.78 is 0. The summed E-state index contributed by atoms with van der Waals surface area (Å²) in [5.74, 6) is 0. The predicted octanol–water partition coefficient (Wildman–Crippen LogP) is 1.37. The Labute approximate surface area is 46.4 Å². The van der Waals surface area contributed by atoms with Gasteiger partial charge in [-0.2, -0.15) is 0 Å². The van der Waals surface area contributed by atoms with Gasteiger partial charge in [0.2, 0.25) is 0 Å². The van der Waals surface area contributed by atoms with Gasteiger partial charge in [0, 0.05) is 22.4 Å². The Morgan fingerprint density at radius 3 is 1.75 bits per heavy atom. The second-order valence-corrected chi connectivity index (χ2v) is 0.463. The van der Waals surface area contributed by atoms with Gasteiger partial charge >= 0.3 is 0 Å². The van der Waals surface area contributed by atoms with Crippen LogP contribution < -0.4 is 0 Å². The molecule has 0 saturated carbocycles. The first-order valence-electron chi connectivity index (χ1n) is 0.626. The van der Waals surface area contributed by atoms with Gasteiger partial charge in [-0.1, -0.05) is 18.2 Å². The zero-order valence-electron chi connectivity index (χ0n) is 1.96. The average Bonchev–Trinajstić information content (AvgIpc) is 0.918. The molecule has 0 aromatic rings. The maximum Gasteiger partial charge on any atom is 0 e. The smallest absolute Gasteiger partial charge is 0 e. The van der Waals surface area contributed by atoms with Crippen LogP contribution in [0.3, 0.4) is 0 Å². The average molecular weight is 259 g/mol. The summed E-state index contributed by atoms with van der Waals surface area (Å²) in [6.07, 6.45) is 0. The normalized spacial score (nSPS) is 3.25. The fraction of sp³-hybridized carbons (Fsp3) is 0. The molecule has 0 bridgehead atoms. The van der Waals surface area contributed by atoms with Crippen molar-refractivity contribution in [3.05, 3.63) is 12.1 Å². The molecule has 0 spiro atoms. The minimum absolute atomic E-state index is 0. The molecule has 0 unspecified atom stereocenters. The Balaban J connectivity index is 0. The first kappa shape index (κ1) is 8.84. The zero-order valence-corrected chi connectivity index (χ0v) is 4.89. The molecule has 0 aliphatic carbocycles. The predicted molar refractivity (Wildman–Crippen MR) is 16.1 cm³/mol. The standard InChI is InChI=1S/C2H3Cl.Au/c1-2-3;/h2H,1H2;. The fourth-order valence-electron chi connectivity index (χ4n) is 0. The monoisotopic (exact) mass is 259 g/mol. The van der Waals surface area contributed by atoms with Gasteiger partial charge in [-0.3, -0.25) is 0 Å². The van der Waals surface area contributed by atoms with Crippen molar-refractivity contribution in [3.8, 4) is 0 Å². The van der Waals surface area contributed by atoms with Crippen molar-refractivity contribution in [1.82, 2.24) is 0 Å². The molecule has 0 aromatic heterocycles. The molecule has 0 amide bonds. The van der Waals surface area contributed by atoms with Gasteiger partial charge < -0.3 is 0 Å². The second-order valence-electron chi connectivity index (χ2n) is 0.154. The van der Waals surface area contributed by atoms with Crippen molar-refractivity contribution in [3.63, 3.8) is 0 Å². The van der Waals surface area contributed by atoms with Crippen molar-refractivity contribution >= 4 is 11.6 Å². The molecule has 0 nitrogen and oxygen atoms in total. The summed E-state index contributed by atoms with van der Waals surface area (Å²) in [5.41, 5.74) is 1.22. The van der Waals surface area contributed by atoms with E-state index in [-0.39, 0.29) is 22.4 Å². The number of hydrogen-bond acceptors (Lipinski definition) is 0. The molecule has 0 rings (SSSR count). The largest absolute Gasteiger partial charge is 0.0936 e. The molecule has 0 fully saturated rings. The Morgan fingerprint density at radius 2 is 1.75 bits per heavy atom. The van der Waals surface area contributed by atoms with Gasteiger partial charge in [-0.25, -0.2) is 0 Å². The van der Waals surface area contributed by atoms with E-state index in [0.29, 0.717) is 0 Å². The Morgan fingerprint density at radius 1 is 1.75 bits per heavy atom. The third-order valence-electron chi connectivity index (χ3n) is 0. The molecule has 0 N–H and O–H groups in total. The Kier molecular flexibility index (Phi) is 20.4. The molecule has 0 saturated heterocycles. The van der Waals surface area contributed by atoms with E-state index in [9.17, 15) is 0 Å². The summed E-state index contributed by atoms with van der Waals surface area (Å²) in [7, 11) is 0. The molecule has 0 atom stereocenters. The quantitative estimate of drug-likeness (QED) is 0.576. The summed E-state index contributed by atoms with van der Waals surface area (Å²) >= 11 is 4.76. The van der Waals surface area contributed by atoms with Crippen molar-refractivity contribution < 1.29 is 22.4 Å². The Hall–Kier alpha value is 0.770. The zero-order chi connectivity index (χ0) is 2.71. The van der Waals surface area contributed by atoms with Crippen LogP contribution >= 0.6 is 11.6 Å². The molecule has 0 aliphatic heterocycles. The number of hydrogen-bond donors (Lipinski definition) is 0. The van der Waals surface area contributed by atoms with Crippen LogP contribution in [0, 0.1) is 0 Å². The van der Waals surface area contributed by atoms with Gasteiger partial charge in [-0.15, -0.1) is 0 Å². The molecule has 0 heterocycles. The molecule has 4 heavy (non-hydrogen) atoms.